The number of fused-ring (bicyclic) bond motifs is 1. The highest BCUT2D eigenvalue weighted by Crippen LogP contribution is 2.36. The molecule has 0 radical (unpaired) electrons. The number of nitrogens with one attached hydrogen (secondary N) is 3. The van der Waals surface area contributed by atoms with Gasteiger partial charge in [0.2, 0.25) is 11.9 Å². The highest BCUT2D eigenvalue weighted by molar-refractivity contribution is 6.27. The SMILES string of the molecule is COc1cc2nc(NCCCNC(=O)CCl)nc(NC3CCC(N4CCCCC4)CC3)c2cc1OC. The second kappa shape index (κ2) is 13.1. The van der Waals surface area contributed by atoms with E-state index in [1.807, 2.05) is 12.1 Å². The Morgan fingerprint density at radius 3 is 2.44 bits per heavy atom. The third kappa shape index (κ3) is 6.82. The largest absolute Gasteiger partial charge is 0.493 e. The van der Waals surface area contributed by atoms with Crippen molar-refractivity contribution in [2.24, 2.45) is 0 Å². The first-order valence-electron chi connectivity index (χ1n) is 13.1. The number of aromatic nitrogens is 2. The third-order valence-electron chi connectivity index (χ3n) is 7.23. The number of rotatable bonds is 11. The number of benzene rings is 1. The normalized spacial score (nSPS) is 20.6. The van der Waals surface area contributed by atoms with Gasteiger partial charge in [0, 0.05) is 36.6 Å². The number of ether oxygens (including phenoxy) is 2. The molecule has 10 heteroatoms. The van der Waals surface area contributed by atoms with Crippen molar-refractivity contribution in [1.29, 1.82) is 0 Å². The van der Waals surface area contributed by atoms with E-state index in [1.165, 1.54) is 45.2 Å². The highest BCUT2D eigenvalue weighted by atomic mass is 35.5. The van der Waals surface area contributed by atoms with Crippen LogP contribution in [0.1, 0.15) is 51.4 Å². The third-order valence-corrected chi connectivity index (χ3v) is 7.47. The monoisotopic (exact) mass is 518 g/mol. The van der Waals surface area contributed by atoms with E-state index in [0.717, 1.165) is 36.0 Å². The molecule has 0 unspecified atom stereocenters. The summed E-state index contributed by atoms with van der Waals surface area (Å²) in [5.74, 6) is 2.44. The summed E-state index contributed by atoms with van der Waals surface area (Å²) in [5, 5.41) is 10.7. The lowest BCUT2D eigenvalue weighted by atomic mass is 9.89. The Morgan fingerprint density at radius 2 is 1.75 bits per heavy atom. The van der Waals surface area contributed by atoms with Crippen LogP contribution >= 0.6 is 11.6 Å². The molecular formula is C26H39ClN6O3. The minimum absolute atomic E-state index is 0.0263. The van der Waals surface area contributed by atoms with E-state index < -0.39 is 0 Å². The lowest BCUT2D eigenvalue weighted by Crippen LogP contribution is -2.43. The molecule has 1 saturated heterocycles. The fourth-order valence-corrected chi connectivity index (χ4v) is 5.37. The molecule has 0 bridgehead atoms. The second-order valence-electron chi connectivity index (χ2n) is 9.63. The van der Waals surface area contributed by atoms with Gasteiger partial charge in [0.25, 0.3) is 0 Å². The average molecular weight is 519 g/mol. The number of amides is 1. The lowest BCUT2D eigenvalue weighted by Gasteiger charge is -2.39. The summed E-state index contributed by atoms with van der Waals surface area (Å²) in [6.45, 7) is 3.68. The maximum absolute atomic E-state index is 11.3. The number of alkyl halides is 1. The second-order valence-corrected chi connectivity index (χ2v) is 9.90. The smallest absolute Gasteiger partial charge is 0.234 e. The molecule has 1 aliphatic heterocycles. The van der Waals surface area contributed by atoms with Crippen LogP contribution in [-0.4, -0.2) is 79.1 Å². The van der Waals surface area contributed by atoms with Crippen molar-refractivity contribution in [3.63, 3.8) is 0 Å². The molecule has 1 aliphatic carbocycles. The number of likely N-dealkylation sites (tertiary alicyclic amines) is 1. The number of carbonyl (C=O) groups is 1. The van der Waals surface area contributed by atoms with Gasteiger partial charge < -0.3 is 30.3 Å². The summed E-state index contributed by atoms with van der Waals surface area (Å²) in [5.41, 5.74) is 0.782. The van der Waals surface area contributed by atoms with E-state index in [9.17, 15) is 4.79 Å². The van der Waals surface area contributed by atoms with Gasteiger partial charge in [0.1, 0.15) is 11.7 Å². The molecule has 36 heavy (non-hydrogen) atoms. The van der Waals surface area contributed by atoms with Crippen LogP contribution in [0.15, 0.2) is 12.1 Å². The average Bonchev–Trinajstić information content (AvgIpc) is 2.92. The van der Waals surface area contributed by atoms with Gasteiger partial charge in [-0.25, -0.2) is 4.98 Å². The summed E-state index contributed by atoms with van der Waals surface area (Å²) in [7, 11) is 3.26. The van der Waals surface area contributed by atoms with E-state index in [2.05, 4.69) is 20.9 Å². The Balaban J connectivity index is 1.46. The Labute approximate surface area is 218 Å². The summed E-state index contributed by atoms with van der Waals surface area (Å²) in [6, 6.07) is 4.92. The molecule has 9 nitrogen and oxygen atoms in total. The topological polar surface area (TPSA) is 101 Å². The van der Waals surface area contributed by atoms with Gasteiger partial charge >= 0.3 is 0 Å². The first-order valence-corrected chi connectivity index (χ1v) is 13.7. The number of hydrogen-bond acceptors (Lipinski definition) is 8. The Bertz CT molecular complexity index is 1010. The molecule has 1 saturated carbocycles. The molecule has 1 aromatic carbocycles. The number of halogens is 1. The number of hydrogen-bond donors (Lipinski definition) is 3. The number of carbonyl (C=O) groups excluding carboxylic acids is 1. The lowest BCUT2D eigenvalue weighted by molar-refractivity contribution is -0.118. The molecule has 4 rings (SSSR count). The van der Waals surface area contributed by atoms with Crippen molar-refractivity contribution in [2.75, 3.05) is 56.9 Å². The Kier molecular flexibility index (Phi) is 9.69. The van der Waals surface area contributed by atoms with Crippen LogP contribution in [0.5, 0.6) is 11.5 Å². The summed E-state index contributed by atoms with van der Waals surface area (Å²) >= 11 is 5.53. The first kappa shape index (κ1) is 26.5. The van der Waals surface area contributed by atoms with Crippen molar-refractivity contribution in [2.45, 2.75) is 63.5 Å². The summed E-state index contributed by atoms with van der Waals surface area (Å²) < 4.78 is 11.1. The molecule has 0 spiro atoms. The van der Waals surface area contributed by atoms with Crippen LogP contribution in [0.4, 0.5) is 11.8 Å². The first-order chi connectivity index (χ1) is 17.6. The quantitative estimate of drug-likeness (QED) is 0.303. The zero-order chi connectivity index (χ0) is 25.3. The highest BCUT2D eigenvalue weighted by Gasteiger charge is 2.27. The number of piperidine rings is 1. The number of methoxy groups -OCH3 is 2. The van der Waals surface area contributed by atoms with Gasteiger partial charge in [-0.1, -0.05) is 6.42 Å². The van der Waals surface area contributed by atoms with Crippen LogP contribution in [0, 0.1) is 0 Å². The van der Waals surface area contributed by atoms with Crippen molar-refractivity contribution in [3.05, 3.63) is 12.1 Å². The minimum atomic E-state index is -0.166. The van der Waals surface area contributed by atoms with E-state index in [1.54, 1.807) is 14.2 Å². The van der Waals surface area contributed by atoms with Crippen LogP contribution in [0.2, 0.25) is 0 Å². The van der Waals surface area contributed by atoms with Gasteiger partial charge in [-0.15, -0.1) is 11.6 Å². The van der Waals surface area contributed by atoms with Gasteiger partial charge in [0.15, 0.2) is 11.5 Å². The Hall–Kier alpha value is -2.52. The molecule has 2 fully saturated rings. The van der Waals surface area contributed by atoms with Gasteiger partial charge in [-0.05, 0) is 64.1 Å². The zero-order valence-electron chi connectivity index (χ0n) is 21.4. The van der Waals surface area contributed by atoms with Crippen LogP contribution < -0.4 is 25.4 Å². The van der Waals surface area contributed by atoms with Crippen molar-refractivity contribution >= 4 is 40.2 Å². The van der Waals surface area contributed by atoms with Gasteiger partial charge in [0.05, 0.1) is 19.7 Å². The fourth-order valence-electron chi connectivity index (χ4n) is 5.27. The summed E-state index contributed by atoms with van der Waals surface area (Å²) in [6.07, 6.45) is 9.48. The van der Waals surface area contributed by atoms with Crippen molar-refractivity contribution < 1.29 is 14.3 Å². The molecule has 2 aliphatic rings. The summed E-state index contributed by atoms with van der Waals surface area (Å²) in [4.78, 5) is 23.6. The van der Waals surface area contributed by atoms with E-state index in [4.69, 9.17) is 31.0 Å². The van der Waals surface area contributed by atoms with Gasteiger partial charge in [-0.3, -0.25) is 4.79 Å². The predicted octanol–water partition coefficient (Wildman–Crippen LogP) is 4.01. The minimum Gasteiger partial charge on any atom is -0.493 e. The molecule has 0 atom stereocenters. The molecule has 1 amide bonds. The van der Waals surface area contributed by atoms with Crippen LogP contribution in [0.3, 0.4) is 0 Å². The van der Waals surface area contributed by atoms with Crippen LogP contribution in [-0.2, 0) is 4.79 Å². The van der Waals surface area contributed by atoms with E-state index >= 15 is 0 Å². The van der Waals surface area contributed by atoms with E-state index in [0.29, 0.717) is 42.6 Å². The van der Waals surface area contributed by atoms with Gasteiger partial charge in [-0.2, -0.15) is 4.98 Å². The van der Waals surface area contributed by atoms with Crippen LogP contribution in [0.25, 0.3) is 10.9 Å². The fraction of sp³-hybridized carbons (Fsp3) is 0.654. The zero-order valence-corrected chi connectivity index (χ0v) is 22.2. The molecular weight excluding hydrogens is 480 g/mol. The van der Waals surface area contributed by atoms with Crippen molar-refractivity contribution in [1.82, 2.24) is 20.2 Å². The number of anilines is 2. The Morgan fingerprint density at radius 1 is 1.03 bits per heavy atom. The molecule has 2 aromatic rings. The molecule has 2 heterocycles. The predicted molar refractivity (Wildman–Crippen MR) is 145 cm³/mol. The maximum atomic E-state index is 11.3. The standard InChI is InChI=1S/C26H39ClN6O3/c1-35-22-15-20-21(16-23(22)36-2)31-26(29-12-6-11-28-24(34)17-27)32-25(20)30-18-7-9-19(10-8-18)33-13-4-3-5-14-33/h15-16,18-19H,3-14,17H2,1-2H3,(H,28,34)(H2,29,30,31,32). The maximum Gasteiger partial charge on any atom is 0.234 e. The molecule has 3 N–H and O–H groups in total. The van der Waals surface area contributed by atoms with E-state index in [-0.39, 0.29) is 11.8 Å². The number of nitrogens with zero attached hydrogens (tertiary/aromatic N) is 3. The van der Waals surface area contributed by atoms with Crippen molar-refractivity contribution in [3.8, 4) is 11.5 Å². The molecule has 1 aromatic heterocycles. The molecule has 198 valence electrons.